The van der Waals surface area contributed by atoms with Crippen LogP contribution < -0.4 is 5.73 Å². The van der Waals surface area contributed by atoms with E-state index in [0.29, 0.717) is 16.8 Å². The van der Waals surface area contributed by atoms with Crippen molar-refractivity contribution in [3.05, 3.63) is 29.3 Å². The molecule has 20 heavy (non-hydrogen) atoms. The van der Waals surface area contributed by atoms with Gasteiger partial charge in [-0.2, -0.15) is 15.3 Å². The minimum atomic E-state index is 0.0869. The molecule has 0 radical (unpaired) electrons. The van der Waals surface area contributed by atoms with Crippen LogP contribution in [0.15, 0.2) is 38.7 Å². The monoisotopic (exact) mass is 271 g/mol. The molecule has 6 nitrogen and oxygen atoms in total. The lowest BCUT2D eigenvalue weighted by Crippen LogP contribution is -1.90. The van der Waals surface area contributed by atoms with E-state index in [9.17, 15) is 5.11 Å². The Morgan fingerprint density at radius 1 is 1.10 bits per heavy atom. The van der Waals surface area contributed by atoms with Gasteiger partial charge in [0.1, 0.15) is 5.69 Å². The lowest BCUT2D eigenvalue weighted by molar-refractivity contribution is 0.482. The molecule has 0 unspecified atom stereocenters. The van der Waals surface area contributed by atoms with Crippen molar-refractivity contribution in [3.63, 3.8) is 0 Å². The lowest BCUT2D eigenvalue weighted by atomic mass is 10.0. The van der Waals surface area contributed by atoms with Crippen LogP contribution in [0.3, 0.4) is 0 Å². The van der Waals surface area contributed by atoms with E-state index in [0.717, 1.165) is 16.5 Å². The zero-order valence-corrected chi connectivity index (χ0v) is 11.8. The molecule has 0 heterocycles. The van der Waals surface area contributed by atoms with E-state index in [1.807, 2.05) is 26.0 Å². The maximum Gasteiger partial charge on any atom is 0.171 e. The van der Waals surface area contributed by atoms with Gasteiger partial charge in [-0.1, -0.05) is 0 Å². The number of aryl methyl sites for hydroxylation is 2. The van der Waals surface area contributed by atoms with Gasteiger partial charge in [-0.3, -0.25) is 0 Å². The second-order valence-corrected chi connectivity index (χ2v) is 4.54. The third-order valence-electron chi connectivity index (χ3n) is 3.10. The van der Waals surface area contributed by atoms with Gasteiger partial charge in [0.15, 0.2) is 12.4 Å². The number of fused-ring (bicyclic) bond motifs is 1. The normalized spacial score (nSPS) is 11.9. The summed E-state index contributed by atoms with van der Waals surface area (Å²) in [6, 6.07) is 5.66. The zero-order valence-electron chi connectivity index (χ0n) is 11.8. The van der Waals surface area contributed by atoms with Crippen LogP contribution in [0.1, 0.15) is 11.1 Å². The number of nitrogens with zero attached hydrogens (tertiary/aromatic N) is 4. The molecule has 104 valence electrons. The first-order valence-electron chi connectivity index (χ1n) is 6.20. The van der Waals surface area contributed by atoms with Gasteiger partial charge < -0.3 is 10.8 Å². The number of hydrogen-bond donors (Lipinski definition) is 2. The minimum Gasteiger partial charge on any atom is -0.505 e. The van der Waals surface area contributed by atoms with Crippen molar-refractivity contribution in [2.24, 2.45) is 20.5 Å². The Balaban J connectivity index is 2.56. The Hall–Kier alpha value is -2.50. The summed E-state index contributed by atoms with van der Waals surface area (Å²) in [4.78, 5) is 0. The zero-order chi connectivity index (χ0) is 14.7. The van der Waals surface area contributed by atoms with E-state index in [2.05, 4.69) is 20.5 Å². The topological polar surface area (TPSA) is 95.7 Å². The van der Waals surface area contributed by atoms with Gasteiger partial charge >= 0.3 is 0 Å². The number of azo groups is 2. The standard InChI is InChI=1S/C14H17N5O/c1-8-4-10-5-9(2)13(19-18-7-17-16-3)14(20)11(10)6-12(8)15/h4-6,20H,7,15H2,1-3H3. The number of benzene rings is 2. The number of nitrogens with two attached hydrogens (primary N) is 1. The molecule has 0 saturated carbocycles. The molecular weight excluding hydrogens is 254 g/mol. The summed E-state index contributed by atoms with van der Waals surface area (Å²) < 4.78 is 0. The molecule has 0 amide bonds. The molecule has 0 aromatic heterocycles. The van der Waals surface area contributed by atoms with Gasteiger partial charge in [0, 0.05) is 18.1 Å². The Bertz CT molecular complexity index is 707. The maximum atomic E-state index is 10.3. The molecule has 0 aliphatic rings. The third-order valence-corrected chi connectivity index (χ3v) is 3.10. The highest BCUT2D eigenvalue weighted by molar-refractivity contribution is 5.96. The highest BCUT2D eigenvalue weighted by Gasteiger charge is 2.11. The SMILES string of the molecule is CN=NCN=Nc1c(C)cc2cc(C)c(N)cc2c1O. The largest absolute Gasteiger partial charge is 0.505 e. The molecule has 2 aromatic carbocycles. The van der Waals surface area contributed by atoms with Crippen LogP contribution in [0, 0.1) is 13.8 Å². The molecular formula is C14H17N5O. The molecule has 0 aliphatic carbocycles. The highest BCUT2D eigenvalue weighted by atomic mass is 16.3. The number of rotatable bonds is 3. The highest BCUT2D eigenvalue weighted by Crippen LogP contribution is 2.39. The Morgan fingerprint density at radius 3 is 2.50 bits per heavy atom. The van der Waals surface area contributed by atoms with Gasteiger partial charge in [-0.15, -0.1) is 5.11 Å². The predicted molar refractivity (Wildman–Crippen MR) is 79.7 cm³/mol. The lowest BCUT2D eigenvalue weighted by Gasteiger charge is -2.09. The number of anilines is 1. The van der Waals surface area contributed by atoms with Crippen LogP contribution in [0.25, 0.3) is 10.8 Å². The number of aromatic hydroxyl groups is 1. The van der Waals surface area contributed by atoms with Crippen LogP contribution in [-0.4, -0.2) is 18.8 Å². The first-order chi connectivity index (χ1) is 9.54. The van der Waals surface area contributed by atoms with Crippen molar-refractivity contribution in [3.8, 4) is 5.75 Å². The second kappa shape index (κ2) is 5.64. The molecule has 2 rings (SSSR count). The fourth-order valence-electron chi connectivity index (χ4n) is 2.01. The predicted octanol–water partition coefficient (Wildman–Crippen LogP) is 3.87. The Kier molecular flexibility index (Phi) is 3.93. The van der Waals surface area contributed by atoms with Crippen molar-refractivity contribution in [1.82, 2.24) is 0 Å². The number of phenolic OH excluding ortho intramolecular Hbond substituents is 1. The minimum absolute atomic E-state index is 0.0869. The average molecular weight is 271 g/mol. The van der Waals surface area contributed by atoms with Gasteiger partial charge in [-0.05, 0) is 48.6 Å². The summed E-state index contributed by atoms with van der Waals surface area (Å²) in [7, 11) is 1.57. The van der Waals surface area contributed by atoms with E-state index in [-0.39, 0.29) is 12.4 Å². The second-order valence-electron chi connectivity index (χ2n) is 4.54. The average Bonchev–Trinajstić information content (AvgIpc) is 2.40. The molecule has 0 bridgehead atoms. The van der Waals surface area contributed by atoms with Crippen molar-refractivity contribution in [2.75, 3.05) is 19.5 Å². The van der Waals surface area contributed by atoms with Gasteiger partial charge in [0.25, 0.3) is 0 Å². The molecule has 0 fully saturated rings. The smallest absolute Gasteiger partial charge is 0.171 e. The van der Waals surface area contributed by atoms with Gasteiger partial charge in [0.2, 0.25) is 0 Å². The van der Waals surface area contributed by atoms with Crippen molar-refractivity contribution >= 4 is 22.1 Å². The summed E-state index contributed by atoms with van der Waals surface area (Å²) in [5, 5.41) is 27.1. The maximum absolute atomic E-state index is 10.3. The molecule has 0 saturated heterocycles. The first-order valence-corrected chi connectivity index (χ1v) is 6.20. The number of phenols is 1. The van der Waals surface area contributed by atoms with Gasteiger partial charge in [-0.25, -0.2) is 0 Å². The number of nitrogen functional groups attached to an aromatic ring is 1. The van der Waals surface area contributed by atoms with Crippen molar-refractivity contribution in [2.45, 2.75) is 13.8 Å². The fraction of sp³-hybridized carbons (Fsp3) is 0.286. The van der Waals surface area contributed by atoms with E-state index in [1.54, 1.807) is 13.1 Å². The Morgan fingerprint density at radius 2 is 1.80 bits per heavy atom. The van der Waals surface area contributed by atoms with Crippen LogP contribution in [0.5, 0.6) is 5.75 Å². The third kappa shape index (κ3) is 2.59. The van der Waals surface area contributed by atoms with Crippen LogP contribution >= 0.6 is 0 Å². The number of hydrogen-bond acceptors (Lipinski definition) is 6. The summed E-state index contributed by atoms with van der Waals surface area (Å²) >= 11 is 0. The molecule has 3 N–H and O–H groups in total. The van der Waals surface area contributed by atoms with Crippen LogP contribution in [0.2, 0.25) is 0 Å². The van der Waals surface area contributed by atoms with Gasteiger partial charge in [0.05, 0.1) is 0 Å². The van der Waals surface area contributed by atoms with Crippen molar-refractivity contribution < 1.29 is 5.11 Å². The van der Waals surface area contributed by atoms with Crippen molar-refractivity contribution in [1.29, 1.82) is 0 Å². The van der Waals surface area contributed by atoms with E-state index in [4.69, 9.17) is 5.73 Å². The molecule has 2 aromatic rings. The summed E-state index contributed by atoms with van der Waals surface area (Å²) in [6.07, 6.45) is 0. The molecule has 0 aliphatic heterocycles. The Labute approximate surface area is 117 Å². The molecule has 0 atom stereocenters. The summed E-state index contributed by atoms with van der Waals surface area (Å²) in [5.41, 5.74) is 8.79. The first kappa shape index (κ1) is 13.9. The van der Waals surface area contributed by atoms with E-state index in [1.165, 1.54) is 0 Å². The van der Waals surface area contributed by atoms with E-state index < -0.39 is 0 Å². The summed E-state index contributed by atoms with van der Waals surface area (Å²) in [5.74, 6) is 0.0869. The molecule has 0 spiro atoms. The van der Waals surface area contributed by atoms with E-state index >= 15 is 0 Å². The fourth-order valence-corrected chi connectivity index (χ4v) is 2.01. The van der Waals surface area contributed by atoms with Crippen LogP contribution in [0.4, 0.5) is 11.4 Å². The van der Waals surface area contributed by atoms with Crippen LogP contribution in [-0.2, 0) is 0 Å². The quantitative estimate of drug-likeness (QED) is 0.654. The molecule has 6 heteroatoms. The summed E-state index contributed by atoms with van der Waals surface area (Å²) in [6.45, 7) is 3.95.